The van der Waals surface area contributed by atoms with Crippen molar-refractivity contribution < 1.29 is 9.47 Å². The quantitative estimate of drug-likeness (QED) is 0.741. The van der Waals surface area contributed by atoms with Crippen molar-refractivity contribution in [1.29, 1.82) is 0 Å². The number of rotatable bonds is 3. The summed E-state index contributed by atoms with van der Waals surface area (Å²) in [6.45, 7) is 0. The summed E-state index contributed by atoms with van der Waals surface area (Å²) in [5.41, 5.74) is 1.37. The van der Waals surface area contributed by atoms with E-state index in [0.29, 0.717) is 17.3 Å². The number of methoxy groups -OCH3 is 2. The average molecular weight is 221 g/mol. The number of nitrogens with zero attached hydrogens (tertiary/aromatic N) is 5. The van der Waals surface area contributed by atoms with Crippen molar-refractivity contribution in [2.24, 2.45) is 7.05 Å². The van der Waals surface area contributed by atoms with Gasteiger partial charge in [0.05, 0.1) is 26.1 Å². The predicted octanol–water partition coefficient (Wildman–Crippen LogP) is 0.289. The molecule has 0 aliphatic carbocycles. The summed E-state index contributed by atoms with van der Waals surface area (Å²) >= 11 is 0. The van der Waals surface area contributed by atoms with Crippen LogP contribution in [0.3, 0.4) is 0 Å². The monoisotopic (exact) mass is 221 g/mol. The van der Waals surface area contributed by atoms with Gasteiger partial charge in [-0.3, -0.25) is 0 Å². The van der Waals surface area contributed by atoms with Crippen LogP contribution < -0.4 is 9.47 Å². The van der Waals surface area contributed by atoms with Gasteiger partial charge in [0.1, 0.15) is 11.9 Å². The number of aryl methyl sites for hydroxylation is 1. The van der Waals surface area contributed by atoms with Gasteiger partial charge in [-0.15, -0.1) is 5.10 Å². The molecule has 0 spiro atoms. The van der Waals surface area contributed by atoms with E-state index in [1.165, 1.54) is 20.5 Å². The minimum absolute atomic E-state index is 0.428. The smallest absolute Gasteiger partial charge is 0.229 e. The first-order valence-corrected chi connectivity index (χ1v) is 4.56. The van der Waals surface area contributed by atoms with Crippen molar-refractivity contribution >= 4 is 0 Å². The van der Waals surface area contributed by atoms with Crippen LogP contribution in [0.2, 0.25) is 0 Å². The molecule has 0 N–H and O–H groups in total. The van der Waals surface area contributed by atoms with Crippen molar-refractivity contribution in [2.45, 2.75) is 0 Å². The number of hydrogen-bond acceptors (Lipinski definition) is 6. The van der Waals surface area contributed by atoms with Crippen LogP contribution in [0.5, 0.6) is 11.8 Å². The van der Waals surface area contributed by atoms with E-state index in [4.69, 9.17) is 9.47 Å². The maximum absolute atomic E-state index is 5.17. The summed E-state index contributed by atoms with van der Waals surface area (Å²) in [4.78, 5) is 8.04. The average Bonchev–Trinajstić information content (AvgIpc) is 2.74. The normalized spacial score (nSPS) is 10.2. The molecule has 16 heavy (non-hydrogen) atoms. The van der Waals surface area contributed by atoms with E-state index in [0.717, 1.165) is 5.69 Å². The number of ether oxygens (including phenoxy) is 2. The first kappa shape index (κ1) is 10.3. The highest BCUT2D eigenvalue weighted by atomic mass is 16.5. The highest BCUT2D eigenvalue weighted by molar-refractivity contribution is 5.69. The maximum atomic E-state index is 5.17. The lowest BCUT2D eigenvalue weighted by atomic mass is 10.2. The second-order valence-electron chi connectivity index (χ2n) is 3.01. The molecule has 2 rings (SSSR count). The van der Waals surface area contributed by atoms with Crippen LogP contribution in [-0.2, 0) is 7.05 Å². The summed E-state index contributed by atoms with van der Waals surface area (Å²) in [5, 5.41) is 7.64. The van der Waals surface area contributed by atoms with E-state index < -0.39 is 0 Å². The molecule has 0 bridgehead atoms. The third-order valence-corrected chi connectivity index (χ3v) is 2.14. The van der Waals surface area contributed by atoms with Crippen LogP contribution in [0.15, 0.2) is 12.5 Å². The predicted molar refractivity (Wildman–Crippen MR) is 55.1 cm³/mol. The van der Waals surface area contributed by atoms with Gasteiger partial charge in [0.15, 0.2) is 0 Å². The first-order chi connectivity index (χ1) is 7.77. The van der Waals surface area contributed by atoms with Gasteiger partial charge in [-0.25, -0.2) is 14.6 Å². The van der Waals surface area contributed by atoms with Crippen molar-refractivity contribution in [2.75, 3.05) is 14.2 Å². The van der Waals surface area contributed by atoms with Crippen LogP contribution in [0.25, 0.3) is 11.3 Å². The van der Waals surface area contributed by atoms with Crippen LogP contribution in [0, 0.1) is 0 Å². The lowest BCUT2D eigenvalue weighted by Gasteiger charge is -2.09. The SMILES string of the molecule is COc1ncnc(OC)c1-c1cnnn1C. The zero-order valence-electron chi connectivity index (χ0n) is 9.21. The van der Waals surface area contributed by atoms with Crippen LogP contribution in [0.1, 0.15) is 0 Å². The van der Waals surface area contributed by atoms with Gasteiger partial charge in [0.2, 0.25) is 11.8 Å². The standard InChI is InChI=1S/C9H11N5O2/c1-14-6(4-12-13-14)7-8(15-2)10-5-11-9(7)16-3/h4-5H,1-3H3. The molecule has 0 saturated heterocycles. The van der Waals surface area contributed by atoms with Gasteiger partial charge in [-0.2, -0.15) is 0 Å². The molecule has 0 aliphatic rings. The number of aromatic nitrogens is 5. The van der Waals surface area contributed by atoms with E-state index in [2.05, 4.69) is 20.3 Å². The Balaban J connectivity index is 2.66. The third kappa shape index (κ3) is 1.56. The van der Waals surface area contributed by atoms with Crippen molar-refractivity contribution in [3.05, 3.63) is 12.5 Å². The minimum atomic E-state index is 0.428. The molecule has 0 radical (unpaired) electrons. The highest BCUT2D eigenvalue weighted by Crippen LogP contribution is 2.33. The Morgan fingerprint density at radius 2 is 1.75 bits per heavy atom. The summed E-state index contributed by atoms with van der Waals surface area (Å²) in [6, 6.07) is 0. The Morgan fingerprint density at radius 1 is 1.12 bits per heavy atom. The fourth-order valence-electron chi connectivity index (χ4n) is 1.40. The van der Waals surface area contributed by atoms with Crippen molar-refractivity contribution in [3.8, 4) is 23.0 Å². The molecular weight excluding hydrogens is 210 g/mol. The second-order valence-corrected chi connectivity index (χ2v) is 3.01. The zero-order valence-corrected chi connectivity index (χ0v) is 9.21. The lowest BCUT2D eigenvalue weighted by Crippen LogP contribution is -2.01. The van der Waals surface area contributed by atoms with E-state index in [1.807, 2.05) is 0 Å². The molecule has 2 heterocycles. The Kier molecular flexibility index (Phi) is 2.67. The van der Waals surface area contributed by atoms with E-state index in [-0.39, 0.29) is 0 Å². The first-order valence-electron chi connectivity index (χ1n) is 4.56. The van der Waals surface area contributed by atoms with Gasteiger partial charge in [-0.1, -0.05) is 5.21 Å². The van der Waals surface area contributed by atoms with Gasteiger partial charge in [0, 0.05) is 7.05 Å². The second kappa shape index (κ2) is 4.13. The lowest BCUT2D eigenvalue weighted by molar-refractivity contribution is 0.374. The Hall–Kier alpha value is -2.18. The topological polar surface area (TPSA) is 75.0 Å². The van der Waals surface area contributed by atoms with Crippen molar-refractivity contribution in [1.82, 2.24) is 25.0 Å². The Labute approximate surface area is 92.0 Å². The van der Waals surface area contributed by atoms with Gasteiger partial charge < -0.3 is 9.47 Å². The molecular formula is C9H11N5O2. The summed E-state index contributed by atoms with van der Waals surface area (Å²) in [7, 11) is 4.85. The molecule has 7 heteroatoms. The summed E-state index contributed by atoms with van der Waals surface area (Å²) in [6.07, 6.45) is 2.98. The fourth-order valence-corrected chi connectivity index (χ4v) is 1.40. The fraction of sp³-hybridized carbons (Fsp3) is 0.333. The van der Waals surface area contributed by atoms with Gasteiger partial charge in [-0.05, 0) is 0 Å². The van der Waals surface area contributed by atoms with Crippen LogP contribution in [0.4, 0.5) is 0 Å². The van der Waals surface area contributed by atoms with Gasteiger partial charge in [0.25, 0.3) is 0 Å². The molecule has 0 atom stereocenters. The summed E-state index contributed by atoms with van der Waals surface area (Å²) in [5.74, 6) is 0.856. The number of hydrogen-bond donors (Lipinski definition) is 0. The largest absolute Gasteiger partial charge is 0.480 e. The zero-order chi connectivity index (χ0) is 11.5. The molecule has 0 fully saturated rings. The highest BCUT2D eigenvalue weighted by Gasteiger charge is 2.18. The molecule has 0 aromatic carbocycles. The Morgan fingerprint density at radius 3 is 2.19 bits per heavy atom. The molecule has 84 valence electrons. The molecule has 2 aromatic heterocycles. The molecule has 7 nitrogen and oxygen atoms in total. The molecule has 0 amide bonds. The maximum Gasteiger partial charge on any atom is 0.229 e. The minimum Gasteiger partial charge on any atom is -0.480 e. The molecule has 0 saturated carbocycles. The van der Waals surface area contributed by atoms with E-state index in [1.54, 1.807) is 17.9 Å². The summed E-state index contributed by atoms with van der Waals surface area (Å²) < 4.78 is 11.9. The Bertz CT molecular complexity index is 474. The van der Waals surface area contributed by atoms with E-state index in [9.17, 15) is 0 Å². The molecule has 0 unspecified atom stereocenters. The van der Waals surface area contributed by atoms with Gasteiger partial charge >= 0.3 is 0 Å². The van der Waals surface area contributed by atoms with Crippen molar-refractivity contribution in [3.63, 3.8) is 0 Å². The van der Waals surface area contributed by atoms with Crippen LogP contribution >= 0.6 is 0 Å². The third-order valence-electron chi connectivity index (χ3n) is 2.14. The van der Waals surface area contributed by atoms with Crippen LogP contribution in [-0.4, -0.2) is 39.2 Å². The molecule has 2 aromatic rings. The van der Waals surface area contributed by atoms with E-state index >= 15 is 0 Å². The molecule has 0 aliphatic heterocycles.